The highest BCUT2D eigenvalue weighted by atomic mass is 32.2. The zero-order valence-corrected chi connectivity index (χ0v) is 25.7. The van der Waals surface area contributed by atoms with E-state index in [1.807, 2.05) is 0 Å². The smallest absolute Gasteiger partial charge is 0.267 e. The van der Waals surface area contributed by atoms with E-state index in [1.165, 1.54) is 103 Å². The minimum absolute atomic E-state index is 0.118. The lowest BCUT2D eigenvalue weighted by atomic mass is 10.1. The van der Waals surface area contributed by atoms with Crippen LogP contribution < -0.4 is 11.1 Å². The Morgan fingerprint density at radius 2 is 1.26 bits per heavy atom. The van der Waals surface area contributed by atoms with Gasteiger partial charge in [0.1, 0.15) is 0 Å². The normalized spacial score (nSPS) is 14.5. The third-order valence-electron chi connectivity index (χ3n) is 7.02. The summed E-state index contributed by atoms with van der Waals surface area (Å²) in [6, 6.07) is 0. The van der Waals surface area contributed by atoms with Gasteiger partial charge in [-0.25, -0.2) is 0 Å². The monoisotopic (exact) mass is 559 g/mol. The molecule has 0 aliphatic carbocycles. The second-order valence-electron chi connectivity index (χ2n) is 10.6. The van der Waals surface area contributed by atoms with E-state index >= 15 is 0 Å². The molecule has 38 heavy (non-hydrogen) atoms. The summed E-state index contributed by atoms with van der Waals surface area (Å²) >= 11 is 0. The number of nitrogens with two attached hydrogens (primary N) is 1. The molecular formula is C30H61N3O4S. The van der Waals surface area contributed by atoms with Gasteiger partial charge in [-0.3, -0.25) is 8.98 Å². The van der Waals surface area contributed by atoms with Crippen molar-refractivity contribution in [3.63, 3.8) is 0 Å². The number of carbonyl (C=O) groups is 1. The van der Waals surface area contributed by atoms with E-state index in [9.17, 15) is 13.2 Å². The maximum Gasteiger partial charge on any atom is 0.267 e. The summed E-state index contributed by atoms with van der Waals surface area (Å²) in [6.07, 6.45) is 28.5. The minimum atomic E-state index is -3.26. The average Bonchev–Trinajstić information content (AvgIpc) is 2.91. The van der Waals surface area contributed by atoms with E-state index in [0.29, 0.717) is 12.8 Å². The quantitative estimate of drug-likeness (QED) is 0.0814. The molecule has 0 spiro atoms. The molecule has 0 aromatic heterocycles. The molecule has 0 atom stereocenters. The Hall–Kier alpha value is -0.960. The lowest BCUT2D eigenvalue weighted by molar-refractivity contribution is -0.118. The first-order valence-corrected chi connectivity index (χ1v) is 17.1. The molecule has 0 radical (unpaired) electrons. The molecule has 7 nitrogen and oxygen atoms in total. The van der Waals surface area contributed by atoms with Crippen molar-refractivity contribution in [3.05, 3.63) is 12.2 Å². The van der Waals surface area contributed by atoms with Crippen LogP contribution in [0.1, 0.15) is 129 Å². The lowest BCUT2D eigenvalue weighted by Crippen LogP contribution is -2.44. The Bertz CT molecular complexity index is 650. The standard InChI is InChI=1S/C22H43NO.C8H18N2O3S/c1-2-3-4-5-6-7-8-9-10-11-12-13-14-15-16-17-18-19-20-21-22(23)24;1-13-14(11,12)8-2-5-10-6-3-9-4-7-10/h9-10H,2-8,11-21H2,1H3,(H2,23,24);9H,2-8H2,1H3/b10-9-;. The van der Waals surface area contributed by atoms with Crippen molar-refractivity contribution in [2.75, 3.05) is 45.6 Å². The highest BCUT2D eigenvalue weighted by molar-refractivity contribution is 7.86. The van der Waals surface area contributed by atoms with Gasteiger partial charge in [0.15, 0.2) is 0 Å². The molecule has 1 aliphatic rings. The van der Waals surface area contributed by atoms with E-state index < -0.39 is 10.1 Å². The van der Waals surface area contributed by atoms with Gasteiger partial charge in [0.25, 0.3) is 10.1 Å². The maximum absolute atomic E-state index is 11.0. The van der Waals surface area contributed by atoms with Crippen LogP contribution in [0.25, 0.3) is 0 Å². The molecule has 1 rings (SSSR count). The van der Waals surface area contributed by atoms with Crippen LogP contribution in [-0.4, -0.2) is 64.8 Å². The highest BCUT2D eigenvalue weighted by Crippen LogP contribution is 2.12. The van der Waals surface area contributed by atoms with Crippen molar-refractivity contribution < 1.29 is 17.4 Å². The summed E-state index contributed by atoms with van der Waals surface area (Å²) in [5, 5.41) is 3.25. The molecule has 3 N–H and O–H groups in total. The summed E-state index contributed by atoms with van der Waals surface area (Å²) in [5.74, 6) is -0.0380. The van der Waals surface area contributed by atoms with Crippen LogP contribution in [0.3, 0.4) is 0 Å². The Morgan fingerprint density at radius 3 is 1.74 bits per heavy atom. The van der Waals surface area contributed by atoms with Crippen molar-refractivity contribution in [2.45, 2.75) is 129 Å². The van der Waals surface area contributed by atoms with E-state index in [4.69, 9.17) is 5.73 Å². The number of carbonyl (C=O) groups excluding carboxylic acids is 1. The second-order valence-corrected chi connectivity index (χ2v) is 12.4. The van der Waals surface area contributed by atoms with Gasteiger partial charge in [-0.15, -0.1) is 0 Å². The summed E-state index contributed by atoms with van der Waals surface area (Å²) in [4.78, 5) is 12.9. The summed E-state index contributed by atoms with van der Waals surface area (Å²) in [6.45, 7) is 7.12. The van der Waals surface area contributed by atoms with Crippen LogP contribution in [0.4, 0.5) is 0 Å². The Balaban J connectivity index is 0.000000824. The fraction of sp³-hybridized carbons (Fsp3) is 0.900. The topological polar surface area (TPSA) is 102 Å². The fourth-order valence-electron chi connectivity index (χ4n) is 4.56. The largest absolute Gasteiger partial charge is 0.370 e. The first kappa shape index (κ1) is 37.0. The Labute approximate surface area is 235 Å². The van der Waals surface area contributed by atoms with E-state index in [-0.39, 0.29) is 11.7 Å². The predicted molar refractivity (Wildman–Crippen MR) is 162 cm³/mol. The predicted octanol–water partition coefficient (Wildman–Crippen LogP) is 6.33. The molecule has 1 fully saturated rings. The molecule has 1 aliphatic heterocycles. The first-order valence-electron chi connectivity index (χ1n) is 15.6. The molecule has 0 bridgehead atoms. The molecular weight excluding hydrogens is 498 g/mol. The van der Waals surface area contributed by atoms with Crippen molar-refractivity contribution in [1.82, 2.24) is 10.2 Å². The number of hydrogen-bond donors (Lipinski definition) is 2. The van der Waals surface area contributed by atoms with Gasteiger partial charge in [-0.2, -0.15) is 8.42 Å². The van der Waals surface area contributed by atoms with Crippen LogP contribution in [-0.2, 0) is 19.1 Å². The molecule has 0 saturated carbocycles. The number of nitrogens with one attached hydrogen (secondary N) is 1. The number of piperazine rings is 1. The number of hydrogen-bond acceptors (Lipinski definition) is 6. The van der Waals surface area contributed by atoms with Crippen molar-refractivity contribution in [3.8, 4) is 0 Å². The third kappa shape index (κ3) is 28.1. The fourth-order valence-corrected chi connectivity index (χ4v) is 5.21. The van der Waals surface area contributed by atoms with Gasteiger partial charge >= 0.3 is 0 Å². The number of allylic oxidation sites excluding steroid dienone is 2. The zero-order chi connectivity index (χ0) is 28.2. The molecule has 1 amide bonds. The van der Waals surface area contributed by atoms with Crippen LogP contribution in [0, 0.1) is 0 Å². The van der Waals surface area contributed by atoms with Crippen LogP contribution >= 0.6 is 0 Å². The van der Waals surface area contributed by atoms with Gasteiger partial charge in [-0.1, -0.05) is 96.1 Å². The van der Waals surface area contributed by atoms with Gasteiger partial charge in [0.2, 0.25) is 5.91 Å². The number of rotatable bonds is 24. The Kier molecular flexibility index (Phi) is 26.9. The van der Waals surface area contributed by atoms with Crippen molar-refractivity contribution in [2.24, 2.45) is 5.73 Å². The van der Waals surface area contributed by atoms with Gasteiger partial charge in [0.05, 0.1) is 12.9 Å². The maximum atomic E-state index is 11.0. The SMILES string of the molecule is CCCCCCCC/C=C\CCCCCCCCCCCC(N)=O.COS(=O)(=O)CCCN1CCNCC1. The lowest BCUT2D eigenvalue weighted by Gasteiger charge is -2.26. The number of unbranched alkanes of at least 4 members (excludes halogenated alkanes) is 15. The summed E-state index contributed by atoms with van der Waals surface area (Å²) in [5.41, 5.74) is 5.13. The highest BCUT2D eigenvalue weighted by Gasteiger charge is 2.12. The molecule has 0 unspecified atom stereocenters. The summed E-state index contributed by atoms with van der Waals surface area (Å²) < 4.78 is 26.3. The average molecular weight is 560 g/mol. The van der Waals surface area contributed by atoms with Crippen molar-refractivity contribution >= 4 is 16.0 Å². The number of primary amides is 1. The molecule has 1 saturated heterocycles. The first-order chi connectivity index (χ1) is 18.4. The third-order valence-corrected chi connectivity index (χ3v) is 8.31. The van der Waals surface area contributed by atoms with Gasteiger partial charge in [0, 0.05) is 32.6 Å². The number of amides is 1. The van der Waals surface area contributed by atoms with Gasteiger partial charge < -0.3 is 16.0 Å². The molecule has 226 valence electrons. The van der Waals surface area contributed by atoms with Gasteiger partial charge in [-0.05, 0) is 45.1 Å². The zero-order valence-electron chi connectivity index (χ0n) is 24.9. The molecule has 8 heteroatoms. The summed E-state index contributed by atoms with van der Waals surface area (Å²) in [7, 11) is -2.05. The Morgan fingerprint density at radius 1 is 0.789 bits per heavy atom. The molecule has 0 aromatic carbocycles. The van der Waals surface area contributed by atoms with E-state index in [1.54, 1.807) is 0 Å². The van der Waals surface area contributed by atoms with E-state index in [0.717, 1.165) is 45.6 Å². The van der Waals surface area contributed by atoms with Crippen LogP contribution in [0.2, 0.25) is 0 Å². The molecule has 1 heterocycles. The van der Waals surface area contributed by atoms with Crippen molar-refractivity contribution in [1.29, 1.82) is 0 Å². The van der Waals surface area contributed by atoms with Crippen LogP contribution in [0.15, 0.2) is 12.2 Å². The van der Waals surface area contributed by atoms with Crippen LogP contribution in [0.5, 0.6) is 0 Å². The number of nitrogens with zero attached hydrogens (tertiary/aromatic N) is 1. The minimum Gasteiger partial charge on any atom is -0.370 e. The molecule has 0 aromatic rings. The van der Waals surface area contributed by atoms with E-state index in [2.05, 4.69) is 33.5 Å². The second kappa shape index (κ2) is 27.6.